The lowest BCUT2D eigenvalue weighted by Crippen LogP contribution is -2.39. The second-order valence-electron chi connectivity index (χ2n) is 9.75. The summed E-state index contributed by atoms with van der Waals surface area (Å²) in [4.78, 5) is 12.3. The van der Waals surface area contributed by atoms with Crippen molar-refractivity contribution >= 4 is 14.8 Å². The van der Waals surface area contributed by atoms with Crippen molar-refractivity contribution in [2.45, 2.75) is 111 Å². The first-order valence-electron chi connectivity index (χ1n) is 10.9. The Bertz CT molecular complexity index is 443. The first-order chi connectivity index (χ1) is 11.7. The van der Waals surface area contributed by atoms with E-state index in [0.29, 0.717) is 17.1 Å². The lowest BCUT2D eigenvalue weighted by atomic mass is 9.62. The molecule has 2 aliphatic carbocycles. The molecule has 2 fully saturated rings. The zero-order chi connectivity index (χ0) is 18.7. The van der Waals surface area contributed by atoms with Gasteiger partial charge >= 0.3 is 0 Å². The molecule has 2 saturated carbocycles. The summed E-state index contributed by atoms with van der Waals surface area (Å²) in [5.41, 5.74) is 0.342. The minimum atomic E-state index is -0.982. The SMILES string of the molecule is CC[SiH](CC)OC(C)(C)CCC[C@@H](C)C1CC[C@H]2C(=O)CCC[C@]12C. The highest BCUT2D eigenvalue weighted by atomic mass is 28.3. The van der Waals surface area contributed by atoms with Crippen molar-refractivity contribution in [2.24, 2.45) is 23.2 Å². The van der Waals surface area contributed by atoms with Gasteiger partial charge in [-0.1, -0.05) is 40.5 Å². The van der Waals surface area contributed by atoms with Crippen LogP contribution in [0, 0.1) is 23.2 Å². The quantitative estimate of drug-likeness (QED) is 0.458. The van der Waals surface area contributed by atoms with E-state index in [1.54, 1.807) is 0 Å². The van der Waals surface area contributed by atoms with Crippen LogP contribution in [0.25, 0.3) is 0 Å². The molecular weight excluding hydrogens is 324 g/mol. The Morgan fingerprint density at radius 1 is 1.28 bits per heavy atom. The summed E-state index contributed by atoms with van der Waals surface area (Å²) in [6, 6.07) is 2.48. The van der Waals surface area contributed by atoms with Gasteiger partial charge in [0, 0.05) is 12.3 Å². The molecule has 0 aromatic carbocycles. The van der Waals surface area contributed by atoms with Crippen LogP contribution in [-0.2, 0) is 9.22 Å². The number of carbonyl (C=O) groups is 1. The number of hydrogen-bond acceptors (Lipinski definition) is 2. The molecule has 0 radical (unpaired) electrons. The maximum absolute atomic E-state index is 12.3. The molecule has 0 heterocycles. The van der Waals surface area contributed by atoms with E-state index in [1.165, 1.54) is 44.2 Å². The monoisotopic (exact) mass is 366 g/mol. The summed E-state index contributed by atoms with van der Waals surface area (Å²) in [5.74, 6) is 2.42. The normalized spacial score (nSPS) is 31.4. The van der Waals surface area contributed by atoms with Crippen molar-refractivity contribution in [2.75, 3.05) is 0 Å². The van der Waals surface area contributed by atoms with E-state index in [2.05, 4.69) is 41.5 Å². The second kappa shape index (κ2) is 8.69. The molecule has 2 aliphatic rings. The van der Waals surface area contributed by atoms with Gasteiger partial charge in [-0.25, -0.2) is 0 Å². The van der Waals surface area contributed by atoms with Gasteiger partial charge in [0.05, 0.1) is 5.60 Å². The minimum Gasteiger partial charge on any atom is -0.415 e. The Hall–Kier alpha value is -0.153. The number of hydrogen-bond donors (Lipinski definition) is 0. The zero-order valence-electron chi connectivity index (χ0n) is 17.7. The van der Waals surface area contributed by atoms with Crippen LogP contribution in [0.2, 0.25) is 12.1 Å². The summed E-state index contributed by atoms with van der Waals surface area (Å²) < 4.78 is 6.46. The van der Waals surface area contributed by atoms with E-state index in [-0.39, 0.29) is 5.60 Å². The largest absolute Gasteiger partial charge is 0.415 e. The van der Waals surface area contributed by atoms with Gasteiger partial charge in [0.15, 0.2) is 9.04 Å². The topological polar surface area (TPSA) is 26.3 Å². The fourth-order valence-electron chi connectivity index (χ4n) is 5.92. The summed E-state index contributed by atoms with van der Waals surface area (Å²) >= 11 is 0. The van der Waals surface area contributed by atoms with Crippen molar-refractivity contribution in [1.82, 2.24) is 0 Å². The van der Waals surface area contributed by atoms with Crippen molar-refractivity contribution in [3.63, 3.8) is 0 Å². The van der Waals surface area contributed by atoms with Gasteiger partial charge in [-0.3, -0.25) is 4.79 Å². The molecule has 0 aromatic heterocycles. The minimum absolute atomic E-state index is 0.0472. The molecule has 2 nitrogen and oxygen atoms in total. The molecule has 3 heteroatoms. The summed E-state index contributed by atoms with van der Waals surface area (Å²) in [7, 11) is -0.982. The Balaban J connectivity index is 1.84. The third-order valence-electron chi connectivity index (χ3n) is 7.46. The van der Waals surface area contributed by atoms with Gasteiger partial charge in [0.25, 0.3) is 0 Å². The highest BCUT2D eigenvalue weighted by Gasteiger charge is 2.52. The highest BCUT2D eigenvalue weighted by molar-refractivity contribution is 6.51. The van der Waals surface area contributed by atoms with Crippen molar-refractivity contribution < 1.29 is 9.22 Å². The molecule has 0 saturated heterocycles. The van der Waals surface area contributed by atoms with Crippen molar-refractivity contribution in [3.05, 3.63) is 0 Å². The molecule has 0 spiro atoms. The Morgan fingerprint density at radius 3 is 2.60 bits per heavy atom. The van der Waals surface area contributed by atoms with Gasteiger partial charge in [-0.2, -0.15) is 0 Å². The average molecular weight is 367 g/mol. The van der Waals surface area contributed by atoms with Crippen LogP contribution in [0.1, 0.15) is 92.9 Å². The van der Waals surface area contributed by atoms with Gasteiger partial charge in [0.1, 0.15) is 5.78 Å². The molecule has 0 bridgehead atoms. The number of rotatable bonds is 9. The maximum Gasteiger partial charge on any atom is 0.177 e. The number of ketones is 1. The summed E-state index contributed by atoms with van der Waals surface area (Å²) in [6.07, 6.45) is 9.38. The van der Waals surface area contributed by atoms with E-state index in [1.807, 2.05) is 0 Å². The molecule has 146 valence electrons. The van der Waals surface area contributed by atoms with E-state index < -0.39 is 9.04 Å². The van der Waals surface area contributed by atoms with E-state index >= 15 is 0 Å². The Kier molecular flexibility index (Phi) is 7.35. The van der Waals surface area contributed by atoms with Gasteiger partial charge < -0.3 is 4.43 Å². The van der Waals surface area contributed by atoms with Crippen LogP contribution in [0.4, 0.5) is 0 Å². The van der Waals surface area contributed by atoms with Gasteiger partial charge in [-0.15, -0.1) is 0 Å². The lowest BCUT2D eigenvalue weighted by Gasteiger charge is -2.42. The Morgan fingerprint density at radius 2 is 1.96 bits per heavy atom. The molecular formula is C22H42O2Si. The highest BCUT2D eigenvalue weighted by Crippen LogP contribution is 2.57. The first-order valence-corrected chi connectivity index (χ1v) is 13.0. The molecule has 1 unspecified atom stereocenters. The summed E-state index contributed by atoms with van der Waals surface area (Å²) in [6.45, 7) is 14.0. The number of Topliss-reactive ketones (excluding diaryl/α,β-unsaturated/α-hetero) is 1. The molecule has 0 aliphatic heterocycles. The van der Waals surface area contributed by atoms with Crippen LogP contribution in [0.15, 0.2) is 0 Å². The standard InChI is InChI=1S/C22H42O2Si/c1-7-25(8-2)24-21(4,5)15-9-11-17(3)18-13-14-19-20(23)12-10-16-22(18,19)6/h17-19,25H,7-16H2,1-6H3/t17-,18?,19+,22-/m1/s1. The predicted octanol–water partition coefficient (Wildman–Crippen LogP) is 6.14. The van der Waals surface area contributed by atoms with Crippen LogP contribution in [-0.4, -0.2) is 20.4 Å². The average Bonchev–Trinajstić information content (AvgIpc) is 2.91. The van der Waals surface area contributed by atoms with Crippen LogP contribution < -0.4 is 0 Å². The molecule has 25 heavy (non-hydrogen) atoms. The molecule has 4 atom stereocenters. The Labute approximate surface area is 158 Å². The van der Waals surface area contributed by atoms with Gasteiger partial charge in [-0.05, 0) is 75.3 Å². The lowest BCUT2D eigenvalue weighted by molar-refractivity contribution is -0.130. The van der Waals surface area contributed by atoms with Gasteiger partial charge in [0.2, 0.25) is 0 Å². The van der Waals surface area contributed by atoms with Crippen LogP contribution in [0.5, 0.6) is 0 Å². The number of carbonyl (C=O) groups excluding carboxylic acids is 1. The number of fused-ring (bicyclic) bond motifs is 1. The van der Waals surface area contributed by atoms with Crippen molar-refractivity contribution in [3.8, 4) is 0 Å². The fraction of sp³-hybridized carbons (Fsp3) is 0.955. The van der Waals surface area contributed by atoms with Crippen LogP contribution >= 0.6 is 0 Å². The van der Waals surface area contributed by atoms with E-state index in [4.69, 9.17) is 4.43 Å². The fourth-order valence-corrected chi connectivity index (χ4v) is 7.85. The van der Waals surface area contributed by atoms with Crippen LogP contribution in [0.3, 0.4) is 0 Å². The molecule has 2 rings (SSSR count). The zero-order valence-corrected chi connectivity index (χ0v) is 18.9. The molecule has 0 N–H and O–H groups in total. The second-order valence-corrected chi connectivity index (χ2v) is 12.9. The molecule has 0 aromatic rings. The van der Waals surface area contributed by atoms with E-state index in [0.717, 1.165) is 31.1 Å². The molecule has 0 amide bonds. The smallest absolute Gasteiger partial charge is 0.177 e. The first kappa shape index (κ1) is 21.2. The maximum atomic E-state index is 12.3. The third kappa shape index (κ3) is 4.97. The summed E-state index contributed by atoms with van der Waals surface area (Å²) in [5, 5.41) is 0. The van der Waals surface area contributed by atoms with E-state index in [9.17, 15) is 4.79 Å². The van der Waals surface area contributed by atoms with Crippen molar-refractivity contribution in [1.29, 1.82) is 0 Å². The third-order valence-corrected chi connectivity index (χ3v) is 10.3. The predicted molar refractivity (Wildman–Crippen MR) is 109 cm³/mol.